The predicted octanol–water partition coefficient (Wildman–Crippen LogP) is 1.87. The molecule has 1 aromatic carbocycles. The molecule has 0 aromatic heterocycles. The van der Waals surface area contributed by atoms with Crippen LogP contribution in [0.2, 0.25) is 0 Å². The highest BCUT2D eigenvalue weighted by atomic mass is 16.6. The van der Waals surface area contributed by atoms with Crippen molar-refractivity contribution in [2.24, 2.45) is 5.16 Å². The van der Waals surface area contributed by atoms with Crippen LogP contribution in [-0.4, -0.2) is 24.8 Å². The molecule has 0 spiro atoms. The fourth-order valence-corrected chi connectivity index (χ4v) is 1.29. The summed E-state index contributed by atoms with van der Waals surface area (Å²) in [5.41, 5.74) is 2.10. The lowest BCUT2D eigenvalue weighted by atomic mass is 10.1. The fraction of sp³-hybridized carbons (Fsp3) is 0.385. The molecule has 1 amide bonds. The molecule has 4 nitrogen and oxygen atoms in total. The SMILES string of the molecule is Cc1ccccc1/C=N/OCC(=O)NC(C)C. The van der Waals surface area contributed by atoms with E-state index in [-0.39, 0.29) is 18.6 Å². The van der Waals surface area contributed by atoms with Crippen molar-refractivity contribution in [3.8, 4) is 0 Å². The second kappa shape index (κ2) is 6.68. The Hall–Kier alpha value is -1.84. The molecule has 0 atom stereocenters. The molecule has 92 valence electrons. The molecular weight excluding hydrogens is 216 g/mol. The van der Waals surface area contributed by atoms with E-state index in [0.717, 1.165) is 11.1 Å². The molecule has 1 rings (SSSR count). The van der Waals surface area contributed by atoms with E-state index in [9.17, 15) is 4.79 Å². The largest absolute Gasteiger partial charge is 0.386 e. The standard InChI is InChI=1S/C13H18N2O2/c1-10(2)15-13(16)9-17-14-8-12-7-5-4-6-11(12)3/h4-8,10H,9H2,1-3H3,(H,15,16)/b14-8+. The van der Waals surface area contributed by atoms with Gasteiger partial charge in [-0.3, -0.25) is 4.79 Å². The van der Waals surface area contributed by atoms with Crippen LogP contribution in [0.4, 0.5) is 0 Å². The first kappa shape index (κ1) is 13.2. The average Bonchev–Trinajstić information content (AvgIpc) is 2.25. The molecular formula is C13H18N2O2. The Labute approximate surface area is 102 Å². The Balaban J connectivity index is 2.36. The van der Waals surface area contributed by atoms with Crippen LogP contribution in [0.1, 0.15) is 25.0 Å². The maximum absolute atomic E-state index is 11.2. The van der Waals surface area contributed by atoms with Gasteiger partial charge in [0.2, 0.25) is 0 Å². The summed E-state index contributed by atoms with van der Waals surface area (Å²) >= 11 is 0. The van der Waals surface area contributed by atoms with Crippen molar-refractivity contribution < 1.29 is 9.63 Å². The van der Waals surface area contributed by atoms with E-state index >= 15 is 0 Å². The van der Waals surface area contributed by atoms with Gasteiger partial charge in [-0.15, -0.1) is 0 Å². The number of rotatable bonds is 5. The first-order valence-electron chi connectivity index (χ1n) is 5.60. The van der Waals surface area contributed by atoms with Gasteiger partial charge < -0.3 is 10.2 Å². The number of amides is 1. The third-order valence-electron chi connectivity index (χ3n) is 2.10. The van der Waals surface area contributed by atoms with Crippen molar-refractivity contribution in [2.75, 3.05) is 6.61 Å². The van der Waals surface area contributed by atoms with Crippen LogP contribution in [0.3, 0.4) is 0 Å². The molecule has 4 heteroatoms. The molecule has 0 radical (unpaired) electrons. The fourth-order valence-electron chi connectivity index (χ4n) is 1.29. The van der Waals surface area contributed by atoms with Crippen LogP contribution in [0, 0.1) is 6.92 Å². The molecule has 17 heavy (non-hydrogen) atoms. The Morgan fingerprint density at radius 2 is 2.18 bits per heavy atom. The van der Waals surface area contributed by atoms with Crippen LogP contribution >= 0.6 is 0 Å². The van der Waals surface area contributed by atoms with Gasteiger partial charge in [0.05, 0.1) is 6.21 Å². The summed E-state index contributed by atoms with van der Waals surface area (Å²) in [5.74, 6) is -0.165. The van der Waals surface area contributed by atoms with Crippen molar-refractivity contribution >= 4 is 12.1 Å². The minimum atomic E-state index is -0.165. The van der Waals surface area contributed by atoms with E-state index < -0.39 is 0 Å². The Morgan fingerprint density at radius 3 is 2.82 bits per heavy atom. The number of carbonyl (C=O) groups is 1. The second-order valence-corrected chi connectivity index (χ2v) is 4.09. The maximum Gasteiger partial charge on any atom is 0.260 e. The van der Waals surface area contributed by atoms with Crippen LogP contribution in [-0.2, 0) is 9.63 Å². The predicted molar refractivity (Wildman–Crippen MR) is 68.0 cm³/mol. The zero-order chi connectivity index (χ0) is 12.7. The highest BCUT2D eigenvalue weighted by Crippen LogP contribution is 2.03. The van der Waals surface area contributed by atoms with Gasteiger partial charge in [0.25, 0.3) is 5.91 Å². The van der Waals surface area contributed by atoms with E-state index in [1.54, 1.807) is 6.21 Å². The van der Waals surface area contributed by atoms with Crippen molar-refractivity contribution in [3.05, 3.63) is 35.4 Å². The molecule has 1 aromatic rings. The zero-order valence-corrected chi connectivity index (χ0v) is 10.4. The Kier molecular flexibility index (Phi) is 5.20. The number of nitrogens with zero attached hydrogens (tertiary/aromatic N) is 1. The molecule has 1 N–H and O–H groups in total. The van der Waals surface area contributed by atoms with Gasteiger partial charge in [0.1, 0.15) is 0 Å². The van der Waals surface area contributed by atoms with Crippen molar-refractivity contribution in [2.45, 2.75) is 26.8 Å². The summed E-state index contributed by atoms with van der Waals surface area (Å²) in [5, 5.41) is 6.48. The molecule has 0 fully saturated rings. The zero-order valence-electron chi connectivity index (χ0n) is 10.4. The lowest BCUT2D eigenvalue weighted by molar-refractivity contribution is -0.126. The number of aryl methyl sites for hydroxylation is 1. The number of oxime groups is 1. The van der Waals surface area contributed by atoms with E-state index in [1.807, 2.05) is 45.0 Å². The number of nitrogens with one attached hydrogen (secondary N) is 1. The topological polar surface area (TPSA) is 50.7 Å². The normalized spacial score (nSPS) is 10.8. The Morgan fingerprint density at radius 1 is 1.47 bits per heavy atom. The number of benzene rings is 1. The van der Waals surface area contributed by atoms with Crippen LogP contribution in [0.15, 0.2) is 29.4 Å². The lowest BCUT2D eigenvalue weighted by Crippen LogP contribution is -2.32. The molecule has 0 heterocycles. The van der Waals surface area contributed by atoms with E-state index in [0.29, 0.717) is 0 Å². The van der Waals surface area contributed by atoms with E-state index in [1.165, 1.54) is 0 Å². The molecule has 0 saturated carbocycles. The average molecular weight is 234 g/mol. The maximum atomic E-state index is 11.2. The summed E-state index contributed by atoms with van der Waals surface area (Å²) < 4.78 is 0. The molecule has 0 saturated heterocycles. The monoisotopic (exact) mass is 234 g/mol. The van der Waals surface area contributed by atoms with Crippen LogP contribution in [0.25, 0.3) is 0 Å². The quantitative estimate of drug-likeness (QED) is 0.624. The van der Waals surface area contributed by atoms with Gasteiger partial charge >= 0.3 is 0 Å². The summed E-state index contributed by atoms with van der Waals surface area (Å²) in [6.45, 7) is 5.73. The number of carbonyl (C=O) groups excluding carboxylic acids is 1. The first-order valence-corrected chi connectivity index (χ1v) is 5.60. The van der Waals surface area contributed by atoms with Gasteiger partial charge in [-0.2, -0.15) is 0 Å². The molecule has 0 bridgehead atoms. The van der Waals surface area contributed by atoms with Crippen molar-refractivity contribution in [1.82, 2.24) is 5.32 Å². The Bertz CT molecular complexity index is 400. The molecule has 0 aliphatic carbocycles. The number of hydrogen-bond acceptors (Lipinski definition) is 3. The molecule has 0 aliphatic rings. The van der Waals surface area contributed by atoms with Gasteiger partial charge in [-0.1, -0.05) is 29.4 Å². The number of hydrogen-bond donors (Lipinski definition) is 1. The molecule has 0 aliphatic heterocycles. The summed E-state index contributed by atoms with van der Waals surface area (Å²) in [7, 11) is 0. The molecule has 0 unspecified atom stereocenters. The summed E-state index contributed by atoms with van der Waals surface area (Å²) in [6.07, 6.45) is 1.61. The van der Waals surface area contributed by atoms with Gasteiger partial charge in [-0.05, 0) is 31.9 Å². The smallest absolute Gasteiger partial charge is 0.260 e. The van der Waals surface area contributed by atoms with Crippen LogP contribution < -0.4 is 5.32 Å². The third kappa shape index (κ3) is 5.15. The minimum absolute atomic E-state index is 0.0550. The second-order valence-electron chi connectivity index (χ2n) is 4.09. The lowest BCUT2D eigenvalue weighted by Gasteiger charge is -2.06. The van der Waals surface area contributed by atoms with Gasteiger partial charge in [-0.25, -0.2) is 0 Å². The highest BCUT2D eigenvalue weighted by molar-refractivity contribution is 5.81. The summed E-state index contributed by atoms with van der Waals surface area (Å²) in [4.78, 5) is 16.1. The van der Waals surface area contributed by atoms with Gasteiger partial charge in [0, 0.05) is 6.04 Å². The van der Waals surface area contributed by atoms with Crippen molar-refractivity contribution in [3.63, 3.8) is 0 Å². The van der Waals surface area contributed by atoms with Crippen molar-refractivity contribution in [1.29, 1.82) is 0 Å². The minimum Gasteiger partial charge on any atom is -0.386 e. The highest BCUT2D eigenvalue weighted by Gasteiger charge is 2.02. The third-order valence-corrected chi connectivity index (χ3v) is 2.10. The first-order chi connectivity index (χ1) is 8.09. The van der Waals surface area contributed by atoms with E-state index in [2.05, 4.69) is 10.5 Å². The van der Waals surface area contributed by atoms with Gasteiger partial charge in [0.15, 0.2) is 6.61 Å². The van der Waals surface area contributed by atoms with Crippen LogP contribution in [0.5, 0.6) is 0 Å². The van der Waals surface area contributed by atoms with E-state index in [4.69, 9.17) is 4.84 Å². The summed E-state index contributed by atoms with van der Waals surface area (Å²) in [6, 6.07) is 7.94.